The average Bonchev–Trinajstić information content (AvgIpc) is 2.79. The maximum absolute atomic E-state index is 13.8. The first-order chi connectivity index (χ1) is 14.6. The third-order valence-electron chi connectivity index (χ3n) is 4.93. The number of aromatic nitrogens is 2. The molecule has 0 radical (unpaired) electrons. The van der Waals surface area contributed by atoms with E-state index in [0.29, 0.717) is 11.2 Å². The lowest BCUT2D eigenvalue weighted by atomic mass is 10.1. The molecule has 1 heterocycles. The van der Waals surface area contributed by atoms with Crippen LogP contribution in [0.15, 0.2) is 67.0 Å². The molecule has 2 nitrogen and oxygen atoms in total. The van der Waals surface area contributed by atoms with E-state index in [4.69, 9.17) is 0 Å². The van der Waals surface area contributed by atoms with Crippen molar-refractivity contribution in [3.05, 3.63) is 95.3 Å². The van der Waals surface area contributed by atoms with E-state index < -0.39 is 11.6 Å². The fourth-order valence-electron chi connectivity index (χ4n) is 3.20. The van der Waals surface area contributed by atoms with Gasteiger partial charge in [-0.3, -0.25) is 0 Å². The van der Waals surface area contributed by atoms with Crippen LogP contribution < -0.4 is 0 Å². The third kappa shape index (κ3) is 4.36. The highest BCUT2D eigenvalue weighted by atomic mass is 19.2. The Balaban J connectivity index is 1.51. The summed E-state index contributed by atoms with van der Waals surface area (Å²) in [6.45, 7) is 2.17. The first-order valence-electron chi connectivity index (χ1n) is 9.95. The Labute approximate surface area is 174 Å². The molecule has 1 aromatic heterocycles. The van der Waals surface area contributed by atoms with Crippen LogP contribution >= 0.6 is 0 Å². The molecule has 0 aliphatic rings. The topological polar surface area (TPSA) is 25.8 Å². The molecule has 0 unspecified atom stereocenters. The van der Waals surface area contributed by atoms with E-state index in [9.17, 15) is 8.78 Å². The third-order valence-corrected chi connectivity index (χ3v) is 4.93. The molecule has 4 rings (SSSR count). The van der Waals surface area contributed by atoms with Crippen molar-refractivity contribution in [1.29, 1.82) is 0 Å². The maximum Gasteiger partial charge on any atom is 0.166 e. The number of nitrogens with zero attached hydrogens (tertiary/aromatic N) is 2. The lowest BCUT2D eigenvalue weighted by Crippen LogP contribution is -1.93. The highest BCUT2D eigenvalue weighted by molar-refractivity contribution is 5.84. The van der Waals surface area contributed by atoms with Gasteiger partial charge in [0, 0.05) is 34.5 Å². The zero-order valence-electron chi connectivity index (χ0n) is 16.6. The minimum Gasteiger partial charge on any atom is -0.236 e. The van der Waals surface area contributed by atoms with E-state index in [-0.39, 0.29) is 5.39 Å². The van der Waals surface area contributed by atoms with Gasteiger partial charge >= 0.3 is 0 Å². The molecule has 0 saturated carbocycles. The Morgan fingerprint density at radius 2 is 1.53 bits per heavy atom. The number of fused-ring (bicyclic) bond motifs is 1. The Kier molecular flexibility index (Phi) is 5.81. The Hall–Kier alpha value is -3.58. The van der Waals surface area contributed by atoms with Crippen LogP contribution in [0, 0.1) is 23.5 Å². The quantitative estimate of drug-likeness (QED) is 0.376. The van der Waals surface area contributed by atoms with Crippen molar-refractivity contribution in [3.8, 4) is 23.2 Å². The fraction of sp³-hybridized carbons (Fsp3) is 0.154. The number of hydrogen-bond donors (Lipinski definition) is 0. The molecule has 0 bridgehead atoms. The van der Waals surface area contributed by atoms with Crippen molar-refractivity contribution < 1.29 is 8.78 Å². The van der Waals surface area contributed by atoms with E-state index in [0.717, 1.165) is 47.6 Å². The number of rotatable bonds is 4. The van der Waals surface area contributed by atoms with Gasteiger partial charge in [0.15, 0.2) is 17.5 Å². The first-order valence-corrected chi connectivity index (χ1v) is 9.95. The summed E-state index contributed by atoms with van der Waals surface area (Å²) in [5, 5.41) is 0.876. The second kappa shape index (κ2) is 8.84. The van der Waals surface area contributed by atoms with Crippen molar-refractivity contribution in [2.24, 2.45) is 0 Å². The van der Waals surface area contributed by atoms with Crippen LogP contribution in [-0.4, -0.2) is 9.97 Å². The van der Waals surface area contributed by atoms with Gasteiger partial charge in [0.05, 0.1) is 0 Å². The average molecular weight is 398 g/mol. The van der Waals surface area contributed by atoms with Gasteiger partial charge in [0.1, 0.15) is 0 Å². The Morgan fingerprint density at radius 1 is 0.833 bits per heavy atom. The summed E-state index contributed by atoms with van der Waals surface area (Å²) in [5.74, 6) is 5.20. The molecule has 0 aliphatic carbocycles. The van der Waals surface area contributed by atoms with Gasteiger partial charge in [0.2, 0.25) is 0 Å². The van der Waals surface area contributed by atoms with Crippen LogP contribution in [0.1, 0.15) is 36.5 Å². The fourth-order valence-corrected chi connectivity index (χ4v) is 3.20. The molecule has 0 amide bonds. The van der Waals surface area contributed by atoms with Gasteiger partial charge in [0.25, 0.3) is 0 Å². The summed E-state index contributed by atoms with van der Waals surface area (Å²) in [5.41, 5.74) is 3.68. The second-order valence-electron chi connectivity index (χ2n) is 7.14. The van der Waals surface area contributed by atoms with Crippen LogP contribution in [0.4, 0.5) is 8.78 Å². The minimum atomic E-state index is -0.846. The number of hydrogen-bond acceptors (Lipinski definition) is 2. The molecule has 0 fully saturated rings. The minimum absolute atomic E-state index is 0.255. The van der Waals surface area contributed by atoms with Gasteiger partial charge in [-0.15, -0.1) is 0 Å². The zero-order valence-corrected chi connectivity index (χ0v) is 16.6. The summed E-state index contributed by atoms with van der Waals surface area (Å²) in [6, 6.07) is 15.4. The number of unbranched alkanes of at least 4 members (excludes halogenated alkanes) is 1. The number of benzene rings is 3. The van der Waals surface area contributed by atoms with Crippen molar-refractivity contribution in [3.63, 3.8) is 0 Å². The molecular weight excluding hydrogens is 378 g/mol. The Bertz CT molecular complexity index is 1230. The van der Waals surface area contributed by atoms with Gasteiger partial charge in [-0.1, -0.05) is 37.3 Å². The SMILES string of the molecule is CCCCc1cnc(-c2ccc(C#Cc3ccc4c(F)c(F)ccc4c3)cc2)nc1. The van der Waals surface area contributed by atoms with Gasteiger partial charge < -0.3 is 0 Å². The van der Waals surface area contributed by atoms with Crippen molar-refractivity contribution >= 4 is 10.8 Å². The predicted molar refractivity (Wildman–Crippen MR) is 116 cm³/mol. The summed E-state index contributed by atoms with van der Waals surface area (Å²) >= 11 is 0. The molecule has 4 heteroatoms. The monoisotopic (exact) mass is 398 g/mol. The van der Waals surface area contributed by atoms with E-state index in [1.807, 2.05) is 36.7 Å². The van der Waals surface area contributed by atoms with E-state index in [2.05, 4.69) is 28.7 Å². The molecule has 148 valence electrons. The molecular formula is C26H20F2N2. The molecule has 0 N–H and O–H groups in total. The predicted octanol–water partition coefficient (Wildman–Crippen LogP) is 6.32. The lowest BCUT2D eigenvalue weighted by Gasteiger charge is -2.03. The Morgan fingerprint density at radius 3 is 2.27 bits per heavy atom. The van der Waals surface area contributed by atoms with Crippen LogP contribution in [-0.2, 0) is 6.42 Å². The molecule has 0 aliphatic heterocycles. The maximum atomic E-state index is 13.8. The van der Waals surface area contributed by atoms with E-state index >= 15 is 0 Å². The molecule has 0 atom stereocenters. The van der Waals surface area contributed by atoms with Crippen LogP contribution in [0.25, 0.3) is 22.2 Å². The van der Waals surface area contributed by atoms with Crippen molar-refractivity contribution in [2.45, 2.75) is 26.2 Å². The number of halogens is 2. The molecule has 0 saturated heterocycles. The second-order valence-corrected chi connectivity index (χ2v) is 7.14. The van der Waals surface area contributed by atoms with E-state index in [1.54, 1.807) is 24.3 Å². The molecule has 0 spiro atoms. The highest BCUT2D eigenvalue weighted by Gasteiger charge is 2.06. The first kappa shape index (κ1) is 19.7. The van der Waals surface area contributed by atoms with Crippen LogP contribution in [0.5, 0.6) is 0 Å². The normalized spacial score (nSPS) is 10.6. The summed E-state index contributed by atoms with van der Waals surface area (Å²) in [4.78, 5) is 8.93. The molecule has 3 aromatic carbocycles. The lowest BCUT2D eigenvalue weighted by molar-refractivity contribution is 0.517. The highest BCUT2D eigenvalue weighted by Crippen LogP contribution is 2.21. The standard InChI is InChI=1S/C26H20F2N2/c1-2-3-4-20-16-29-26(30-17-20)21-10-7-18(8-11-21)5-6-19-9-13-23-22(15-19)12-14-24(27)25(23)28/h7-17H,2-4H2,1H3. The van der Waals surface area contributed by atoms with E-state index in [1.165, 1.54) is 0 Å². The van der Waals surface area contributed by atoms with Crippen molar-refractivity contribution in [1.82, 2.24) is 9.97 Å². The summed E-state index contributed by atoms with van der Waals surface area (Å²) < 4.78 is 27.1. The van der Waals surface area contributed by atoms with Gasteiger partial charge in [-0.05, 0) is 66.3 Å². The van der Waals surface area contributed by atoms with Gasteiger partial charge in [-0.2, -0.15) is 0 Å². The van der Waals surface area contributed by atoms with Crippen LogP contribution in [0.3, 0.4) is 0 Å². The van der Waals surface area contributed by atoms with Crippen LogP contribution in [0.2, 0.25) is 0 Å². The largest absolute Gasteiger partial charge is 0.236 e. The number of aryl methyl sites for hydroxylation is 1. The zero-order chi connectivity index (χ0) is 20.9. The smallest absolute Gasteiger partial charge is 0.166 e. The summed E-state index contributed by atoms with van der Waals surface area (Å²) in [7, 11) is 0. The molecule has 30 heavy (non-hydrogen) atoms. The van der Waals surface area contributed by atoms with Gasteiger partial charge in [-0.25, -0.2) is 18.7 Å². The van der Waals surface area contributed by atoms with Crippen molar-refractivity contribution in [2.75, 3.05) is 0 Å². The molecule has 4 aromatic rings. The summed E-state index contributed by atoms with van der Waals surface area (Å²) in [6.07, 6.45) is 7.07.